The summed E-state index contributed by atoms with van der Waals surface area (Å²) in [6, 6.07) is 10.4. The van der Waals surface area contributed by atoms with Gasteiger partial charge in [-0.2, -0.15) is 0 Å². The van der Waals surface area contributed by atoms with E-state index in [9.17, 15) is 4.79 Å². The van der Waals surface area contributed by atoms with E-state index < -0.39 is 0 Å². The maximum atomic E-state index is 12.8. The number of quaternary nitrogens is 2. The van der Waals surface area contributed by atoms with Crippen molar-refractivity contribution in [2.45, 2.75) is 33.9 Å². The van der Waals surface area contributed by atoms with Gasteiger partial charge >= 0.3 is 0 Å². The fourth-order valence-corrected chi connectivity index (χ4v) is 5.45. The zero-order valence-corrected chi connectivity index (χ0v) is 17.9. The monoisotopic (exact) mass is 398 g/mol. The maximum Gasteiger partial charge on any atom is 0.218 e. The van der Waals surface area contributed by atoms with Gasteiger partial charge in [-0.25, -0.2) is 4.98 Å². The van der Waals surface area contributed by atoms with Gasteiger partial charge in [-0.15, -0.1) is 11.3 Å². The van der Waals surface area contributed by atoms with Crippen LogP contribution < -0.4 is 9.80 Å². The predicted octanol–water partition coefficient (Wildman–Crippen LogP) is 0.901. The number of carbonyl (C=O) groups excluding carboxylic acids is 1. The molecule has 3 aromatic rings. The molecule has 3 heterocycles. The lowest BCUT2D eigenvalue weighted by Gasteiger charge is -2.28. The van der Waals surface area contributed by atoms with E-state index in [0.29, 0.717) is 6.54 Å². The average Bonchev–Trinajstić information content (AvgIpc) is 3.22. The Bertz CT molecular complexity index is 949. The molecule has 1 aliphatic heterocycles. The van der Waals surface area contributed by atoms with Crippen LogP contribution in [0.3, 0.4) is 0 Å². The van der Waals surface area contributed by atoms with Gasteiger partial charge in [-0.3, -0.25) is 4.79 Å². The van der Waals surface area contributed by atoms with Crippen LogP contribution in [0.4, 0.5) is 0 Å². The van der Waals surface area contributed by atoms with Crippen LogP contribution in [0.1, 0.15) is 33.7 Å². The highest BCUT2D eigenvalue weighted by Crippen LogP contribution is 2.20. The second kappa shape index (κ2) is 8.15. The van der Waals surface area contributed by atoms with Gasteiger partial charge in [0.05, 0.1) is 10.2 Å². The second-order valence-corrected chi connectivity index (χ2v) is 9.00. The Hall–Kier alpha value is -2.02. The Labute approximate surface area is 170 Å². The van der Waals surface area contributed by atoms with Gasteiger partial charge in [0.25, 0.3) is 0 Å². The van der Waals surface area contributed by atoms with E-state index >= 15 is 0 Å². The number of ketones is 1. The largest absolute Gasteiger partial charge is 0.349 e. The summed E-state index contributed by atoms with van der Waals surface area (Å²) in [6.07, 6.45) is 0. The summed E-state index contributed by atoms with van der Waals surface area (Å²) in [5.41, 5.74) is 4.32. The number of nitrogens with one attached hydrogen (secondary N) is 2. The first-order chi connectivity index (χ1) is 13.5. The molecule has 0 saturated carbocycles. The number of nitrogens with zero attached hydrogens (tertiary/aromatic N) is 2. The molecule has 0 radical (unpaired) electrons. The Morgan fingerprint density at radius 2 is 1.86 bits per heavy atom. The van der Waals surface area contributed by atoms with Crippen LogP contribution in [-0.2, 0) is 13.1 Å². The molecule has 5 nitrogen and oxygen atoms in total. The van der Waals surface area contributed by atoms with E-state index in [1.807, 2.05) is 11.3 Å². The summed E-state index contributed by atoms with van der Waals surface area (Å²) in [5.74, 6) is 0.289. The number of para-hydroxylation sites is 1. The van der Waals surface area contributed by atoms with Gasteiger partial charge < -0.3 is 14.4 Å². The van der Waals surface area contributed by atoms with Gasteiger partial charge in [0.1, 0.15) is 44.3 Å². The van der Waals surface area contributed by atoms with Crippen LogP contribution in [0.2, 0.25) is 0 Å². The molecule has 0 bridgehead atoms. The average molecular weight is 399 g/mol. The van der Waals surface area contributed by atoms with E-state index in [-0.39, 0.29) is 5.78 Å². The lowest BCUT2D eigenvalue weighted by Crippen LogP contribution is -3.27. The summed E-state index contributed by atoms with van der Waals surface area (Å²) < 4.78 is 3.50. The SMILES string of the molecule is CCn1c(C)cc(C(=O)C[NH+]2CC[NH+](Cc3nc4ccccc4s3)CC2)c1C. The zero-order valence-electron chi connectivity index (χ0n) is 17.0. The van der Waals surface area contributed by atoms with E-state index in [2.05, 4.69) is 55.7 Å². The summed E-state index contributed by atoms with van der Waals surface area (Å²) >= 11 is 1.81. The van der Waals surface area contributed by atoms with Crippen molar-refractivity contribution in [2.24, 2.45) is 0 Å². The molecule has 2 N–H and O–H groups in total. The molecule has 0 atom stereocenters. The molecular weight excluding hydrogens is 368 g/mol. The fraction of sp³-hybridized carbons (Fsp3) is 0.455. The minimum Gasteiger partial charge on any atom is -0.349 e. The molecule has 2 aromatic heterocycles. The van der Waals surface area contributed by atoms with Crippen molar-refractivity contribution in [3.63, 3.8) is 0 Å². The highest BCUT2D eigenvalue weighted by molar-refractivity contribution is 7.18. The highest BCUT2D eigenvalue weighted by atomic mass is 32.1. The first-order valence-corrected chi connectivity index (χ1v) is 11.1. The molecule has 0 spiro atoms. The molecule has 1 aromatic carbocycles. The molecule has 0 aliphatic carbocycles. The Kier molecular flexibility index (Phi) is 5.62. The standard InChI is InChI=1S/C22H28N4OS/c1-4-26-16(2)13-18(17(26)3)20(27)14-24-9-11-25(12-10-24)15-22-23-19-7-5-6-8-21(19)28-22/h5-8,13H,4,9-12,14-15H2,1-3H3/p+2. The summed E-state index contributed by atoms with van der Waals surface area (Å²) in [5, 5.41) is 1.22. The van der Waals surface area contributed by atoms with Crippen molar-refractivity contribution in [3.05, 3.63) is 52.3 Å². The molecule has 1 fully saturated rings. The van der Waals surface area contributed by atoms with Gasteiger partial charge in [0.2, 0.25) is 5.78 Å². The smallest absolute Gasteiger partial charge is 0.218 e. The molecule has 148 valence electrons. The number of piperazine rings is 1. The molecule has 1 saturated heterocycles. The van der Waals surface area contributed by atoms with Crippen LogP contribution >= 0.6 is 11.3 Å². The quantitative estimate of drug-likeness (QED) is 0.606. The lowest BCUT2D eigenvalue weighted by atomic mass is 10.1. The van der Waals surface area contributed by atoms with E-state index in [4.69, 9.17) is 4.98 Å². The number of benzene rings is 1. The normalized spacial score (nSPS) is 20.0. The van der Waals surface area contributed by atoms with Crippen LogP contribution in [0.5, 0.6) is 0 Å². The fourth-order valence-electron chi connectivity index (χ4n) is 4.41. The third-order valence-corrected chi connectivity index (χ3v) is 7.04. The van der Waals surface area contributed by atoms with Crippen molar-refractivity contribution in [2.75, 3.05) is 32.7 Å². The number of thiazole rings is 1. The lowest BCUT2D eigenvalue weighted by molar-refractivity contribution is -1.01. The van der Waals surface area contributed by atoms with Crippen LogP contribution in [0, 0.1) is 13.8 Å². The molecule has 6 heteroatoms. The first-order valence-electron chi connectivity index (χ1n) is 10.3. The summed E-state index contributed by atoms with van der Waals surface area (Å²) in [6.45, 7) is 13.1. The van der Waals surface area contributed by atoms with E-state index in [1.54, 1.807) is 4.90 Å². The van der Waals surface area contributed by atoms with Crippen LogP contribution in [0.25, 0.3) is 10.2 Å². The number of fused-ring (bicyclic) bond motifs is 1. The number of hydrogen-bond acceptors (Lipinski definition) is 3. The van der Waals surface area contributed by atoms with Crippen LogP contribution in [0.15, 0.2) is 30.3 Å². The molecule has 1 aliphatic rings. The Balaban J connectivity index is 1.32. The van der Waals surface area contributed by atoms with Crippen molar-refractivity contribution >= 4 is 27.3 Å². The van der Waals surface area contributed by atoms with Crippen molar-refractivity contribution in [3.8, 4) is 0 Å². The zero-order chi connectivity index (χ0) is 19.7. The minimum atomic E-state index is 0.289. The maximum absolute atomic E-state index is 12.8. The molecule has 28 heavy (non-hydrogen) atoms. The molecule has 0 unspecified atom stereocenters. The molecular formula is C22H30N4OS+2. The topological polar surface area (TPSA) is 43.8 Å². The Morgan fingerprint density at radius 3 is 2.54 bits per heavy atom. The number of aromatic nitrogens is 2. The number of rotatable bonds is 6. The van der Waals surface area contributed by atoms with Gasteiger partial charge in [0, 0.05) is 23.5 Å². The third-order valence-electron chi connectivity index (χ3n) is 6.00. The van der Waals surface area contributed by atoms with Crippen LogP contribution in [-0.4, -0.2) is 48.1 Å². The highest BCUT2D eigenvalue weighted by Gasteiger charge is 2.27. The number of aryl methyl sites for hydroxylation is 1. The van der Waals surface area contributed by atoms with Crippen molar-refractivity contribution < 1.29 is 14.6 Å². The van der Waals surface area contributed by atoms with E-state index in [0.717, 1.165) is 56.0 Å². The number of Topliss-reactive ketones (excluding diaryl/α,β-unsaturated/α-hetero) is 1. The summed E-state index contributed by atoms with van der Waals surface area (Å²) in [4.78, 5) is 20.6. The molecule has 0 amide bonds. The summed E-state index contributed by atoms with van der Waals surface area (Å²) in [7, 11) is 0. The first kappa shape index (κ1) is 19.3. The predicted molar refractivity (Wildman–Crippen MR) is 113 cm³/mol. The second-order valence-electron chi connectivity index (χ2n) is 7.88. The third kappa shape index (κ3) is 3.90. The van der Waals surface area contributed by atoms with Crippen molar-refractivity contribution in [1.29, 1.82) is 0 Å². The van der Waals surface area contributed by atoms with Gasteiger partial charge in [-0.1, -0.05) is 12.1 Å². The molecule has 4 rings (SSSR count). The van der Waals surface area contributed by atoms with E-state index in [1.165, 1.54) is 20.3 Å². The van der Waals surface area contributed by atoms with Gasteiger partial charge in [0.15, 0.2) is 0 Å². The van der Waals surface area contributed by atoms with Crippen molar-refractivity contribution in [1.82, 2.24) is 9.55 Å². The minimum absolute atomic E-state index is 0.289. The number of carbonyl (C=O) groups is 1. The van der Waals surface area contributed by atoms with Gasteiger partial charge in [-0.05, 0) is 39.0 Å². The number of hydrogen-bond donors (Lipinski definition) is 2. The Morgan fingerprint density at radius 1 is 1.14 bits per heavy atom.